The average Bonchev–Trinajstić information content (AvgIpc) is 1.62. The summed E-state index contributed by atoms with van der Waals surface area (Å²) in [6.07, 6.45) is 15.6. The molecule has 8 aromatic rings. The number of thiophene rings is 2. The number of fused-ring (bicyclic) bond motifs is 8. The minimum atomic E-state index is -1.02. The Morgan fingerprint density at radius 3 is 1.27 bits per heavy atom. The quantitative estimate of drug-likeness (QED) is 0.0303. The van der Waals surface area contributed by atoms with Crippen LogP contribution < -0.4 is 20.1 Å². The zero-order chi connectivity index (χ0) is 78.9. The Morgan fingerprint density at radius 2 is 0.877 bits per heavy atom. The summed E-state index contributed by atoms with van der Waals surface area (Å²) in [7, 11) is 0. The van der Waals surface area contributed by atoms with Crippen molar-refractivity contribution in [1.82, 2.24) is 50.0 Å². The molecule has 0 saturated carbocycles. The van der Waals surface area contributed by atoms with Gasteiger partial charge in [0, 0.05) is 67.7 Å². The van der Waals surface area contributed by atoms with Gasteiger partial charge in [-0.2, -0.15) is 0 Å². The monoisotopic (exact) mass is 1630 g/mol. The van der Waals surface area contributed by atoms with Crippen LogP contribution in [0.1, 0.15) is 284 Å². The van der Waals surface area contributed by atoms with Gasteiger partial charge in [-0.3, -0.25) is 87.5 Å². The van der Waals surface area contributed by atoms with Crippen LogP contribution in [0.25, 0.3) is 10.0 Å². The summed E-state index contributed by atoms with van der Waals surface area (Å²) in [4.78, 5) is 139. The van der Waals surface area contributed by atoms with Crippen LogP contribution in [0.5, 0.6) is 11.5 Å². The molecular formula is C85H100Cl2N12O13S2. The van der Waals surface area contributed by atoms with Crippen LogP contribution in [-0.4, -0.2) is 140 Å². The number of piperidine rings is 2. The minimum absolute atomic E-state index is 0. The highest BCUT2D eigenvalue weighted by atomic mass is 35.5. The lowest BCUT2D eigenvalue weighted by Gasteiger charge is -2.27. The fourth-order valence-electron chi connectivity index (χ4n) is 14.7. The second-order valence-electron chi connectivity index (χ2n) is 28.4. The molecule has 3 N–H and O–H groups in total. The number of Topliss-reactive ketones (excluding diaryl/α,β-unsaturated/α-hetero) is 1. The molecule has 4 aromatic heterocycles. The van der Waals surface area contributed by atoms with Crippen LogP contribution in [0.2, 0.25) is 10.0 Å². The topological polar surface area (TPSA) is 326 Å². The summed E-state index contributed by atoms with van der Waals surface area (Å²) < 4.78 is 15.8. The van der Waals surface area contributed by atoms with Gasteiger partial charge in [0.2, 0.25) is 23.6 Å². The zero-order valence-electron chi connectivity index (χ0n) is 63.0. The van der Waals surface area contributed by atoms with Gasteiger partial charge in [-0.1, -0.05) is 159 Å². The van der Waals surface area contributed by atoms with Crippen molar-refractivity contribution < 1.29 is 62.5 Å². The van der Waals surface area contributed by atoms with Gasteiger partial charge >= 0.3 is 5.97 Å². The molecule has 6 aliphatic heterocycles. The smallest absolute Gasteiger partial charge is 0.306 e. The van der Waals surface area contributed by atoms with E-state index in [9.17, 15) is 53.1 Å². The number of aliphatic imine (C=N–C) groups is 2. The number of nitrogens with one attached hydrogen (secondary N) is 2. The number of nitrogens with zero attached hydrogens (tertiary/aromatic N) is 10. The zero-order valence-corrected chi connectivity index (χ0v) is 66.2. The van der Waals surface area contributed by atoms with Crippen molar-refractivity contribution in [3.63, 3.8) is 0 Å². The lowest BCUT2D eigenvalue weighted by molar-refractivity contribution is -0.138. The number of ether oxygens (including phenoxy) is 2. The molecule has 604 valence electrons. The van der Waals surface area contributed by atoms with E-state index in [2.05, 4.69) is 70.2 Å². The highest BCUT2D eigenvalue weighted by Crippen LogP contribution is 2.43. The third kappa shape index (κ3) is 19.1. The number of aliphatic carboxylic acids is 1. The van der Waals surface area contributed by atoms with Crippen molar-refractivity contribution >= 4 is 116 Å². The highest BCUT2D eigenvalue weighted by molar-refractivity contribution is 7.15. The molecule has 4 atom stereocenters. The first-order chi connectivity index (χ1) is 53.4. The molecule has 0 bridgehead atoms. The number of carbonyl (C=O) groups is 10. The van der Waals surface area contributed by atoms with Crippen molar-refractivity contribution in [2.45, 2.75) is 230 Å². The van der Waals surface area contributed by atoms with Crippen molar-refractivity contribution in [2.75, 3.05) is 13.2 Å². The highest BCUT2D eigenvalue weighted by Gasteiger charge is 2.48. The Balaban J connectivity index is 0.000000213. The number of rotatable bonds is 28. The molecule has 29 heteroatoms. The van der Waals surface area contributed by atoms with Crippen LogP contribution in [0, 0.1) is 41.5 Å². The molecule has 14 rings (SSSR count). The third-order valence-corrected chi connectivity index (χ3v) is 23.6. The number of carboxylic acids is 1. The Kier molecular flexibility index (Phi) is 30.2. The Morgan fingerprint density at radius 1 is 0.491 bits per heavy atom. The van der Waals surface area contributed by atoms with E-state index in [4.69, 9.17) is 42.7 Å². The molecule has 2 fully saturated rings. The molecule has 0 radical (unpaired) electrons. The van der Waals surface area contributed by atoms with Gasteiger partial charge in [0.05, 0.1) is 53.3 Å². The van der Waals surface area contributed by atoms with E-state index < -0.39 is 71.5 Å². The number of hydrogen-bond acceptors (Lipinski definition) is 20. The number of aryl methyl sites for hydroxylation is 4. The number of halogens is 2. The van der Waals surface area contributed by atoms with E-state index in [1.165, 1.54) is 35.4 Å². The summed E-state index contributed by atoms with van der Waals surface area (Å²) >= 11 is 15.6. The van der Waals surface area contributed by atoms with Gasteiger partial charge in [0.1, 0.15) is 63.1 Å². The number of ketones is 1. The van der Waals surface area contributed by atoms with E-state index in [0.29, 0.717) is 52.8 Å². The maximum atomic E-state index is 13.4. The van der Waals surface area contributed by atoms with Crippen LogP contribution in [0.15, 0.2) is 94.9 Å². The fraction of sp³-hybridized carbons (Fsp3) is 0.435. The number of amides is 8. The predicted molar refractivity (Wildman–Crippen MR) is 441 cm³/mol. The summed E-state index contributed by atoms with van der Waals surface area (Å²) in [5.74, 6) is -1.57. The first-order valence-corrected chi connectivity index (χ1v) is 40.2. The van der Waals surface area contributed by atoms with Crippen molar-refractivity contribution in [3.05, 3.63) is 184 Å². The van der Waals surface area contributed by atoms with Crippen LogP contribution >= 0.6 is 45.9 Å². The lowest BCUT2D eigenvalue weighted by Crippen LogP contribution is -2.54. The van der Waals surface area contributed by atoms with E-state index in [0.717, 1.165) is 140 Å². The Labute approximate surface area is 682 Å². The number of benzene rings is 4. The number of aromatic nitrogens is 6. The summed E-state index contributed by atoms with van der Waals surface area (Å²) in [5.41, 5.74) is 8.60. The first-order valence-electron chi connectivity index (χ1n) is 37.8. The first kappa shape index (κ1) is 87.7. The summed E-state index contributed by atoms with van der Waals surface area (Å²) in [5, 5.41) is 34.5. The second kappa shape index (κ2) is 39.2. The SMILES string of the molecule is C.C.C.CCCCCCCCCOc1cccc2c1C(=O)N(C1CCC(=O)NC1=O)C2=O.Cc1sc2c(c1C)C(c1ccc(Cl)cc1)=N[C@@H](CC(=O)CCCCCCCCCOc1cccc3c1C(=O)N(C1CCC(=O)NC1=O)C3=O)c1nnc(C)n1-2.Cc1sc2c(c1C)C(c1ccc(Cl)cc1)=N[C@@H](CC(=O)O)c1nnc(C)n1-2. The van der Waals surface area contributed by atoms with Crippen LogP contribution in [-0.2, 0) is 28.8 Å². The third-order valence-electron chi connectivity index (χ3n) is 20.7. The molecule has 2 saturated heterocycles. The molecule has 10 heterocycles. The molecular weight excluding hydrogens is 1530 g/mol. The van der Waals surface area contributed by atoms with Gasteiger partial charge in [-0.25, -0.2) is 0 Å². The van der Waals surface area contributed by atoms with E-state index in [1.807, 2.05) is 66.9 Å². The van der Waals surface area contributed by atoms with E-state index in [-0.39, 0.29) is 94.7 Å². The molecule has 8 amide bonds. The Hall–Kier alpha value is -10.2. The normalized spacial score (nSPS) is 17.1. The maximum absolute atomic E-state index is 13.4. The van der Waals surface area contributed by atoms with Crippen molar-refractivity contribution in [1.29, 1.82) is 0 Å². The van der Waals surface area contributed by atoms with Gasteiger partial charge in [0.15, 0.2) is 11.6 Å². The Bertz CT molecular complexity index is 5020. The number of imide groups is 4. The van der Waals surface area contributed by atoms with Crippen LogP contribution in [0.3, 0.4) is 0 Å². The molecule has 2 unspecified atom stereocenters. The maximum Gasteiger partial charge on any atom is 0.306 e. The molecule has 0 aliphatic carbocycles. The fourth-order valence-corrected chi connectivity index (χ4v) is 17.4. The predicted octanol–water partition coefficient (Wildman–Crippen LogP) is 16.8. The van der Waals surface area contributed by atoms with Crippen molar-refractivity contribution in [2.24, 2.45) is 9.98 Å². The largest absolute Gasteiger partial charge is 0.493 e. The number of carboxylic acid groups (broad SMARTS) is 1. The van der Waals surface area contributed by atoms with E-state index >= 15 is 0 Å². The van der Waals surface area contributed by atoms with Crippen LogP contribution in [0.4, 0.5) is 0 Å². The minimum Gasteiger partial charge on any atom is -0.493 e. The summed E-state index contributed by atoms with van der Waals surface area (Å²) in [6.45, 7) is 15.2. The number of carbonyl (C=O) groups excluding carboxylic acids is 9. The molecule has 6 aliphatic rings. The van der Waals surface area contributed by atoms with Gasteiger partial charge in [0.25, 0.3) is 23.6 Å². The second-order valence-corrected chi connectivity index (χ2v) is 31.7. The van der Waals surface area contributed by atoms with Gasteiger partial charge in [-0.15, -0.1) is 43.1 Å². The van der Waals surface area contributed by atoms with E-state index in [1.54, 1.807) is 59.1 Å². The van der Waals surface area contributed by atoms with Crippen molar-refractivity contribution in [3.8, 4) is 21.5 Å². The summed E-state index contributed by atoms with van der Waals surface area (Å²) in [6, 6.07) is 21.9. The number of unbranched alkanes of at least 4 members (excludes halogenated alkanes) is 12. The lowest BCUT2D eigenvalue weighted by atomic mass is 9.99. The van der Waals surface area contributed by atoms with Gasteiger partial charge < -0.3 is 14.6 Å². The average molecular weight is 1630 g/mol. The standard InChI is InChI=1S/C41H43ClN6O6S.C22H28N2O5.C19H17ClN4O2S.3CH4/c1-23-24(2)55-41-34(23)36(26-15-17-27(42)18-16-26)43-30(37-46-45-25(3)47(37)41)22-28(49)12-9-7-5-4-6-8-10-21-54-32-14-11-13-29-35(32)40(53)48(39(29)52)31-19-20-33(50)44-38(31)51;1-2-3-4-5-6-7-8-14-29-17-11-9-10-15-19(17)22(28)24(21(15)27)16-12-13-18(25)23-20(16)26;1-9-10(2)27-19-16(9)17(12-4-6-13(20)7-5-12)21-14(8-15(25)26)18-23-22-11(3)24(18)19;;;/h11,13-18,30-31H,4-10,12,19-22H2,1-3H3,(H,44,50,51);9-11,16H,2-8,12-14H2,1H3,(H,23,25,26);4-7,14H,8H2,1-3H3,(H,25,26);3*1H4/t30-,31?;;14-;;;/m0.0.../s1. The molecule has 114 heavy (non-hydrogen) atoms. The number of hydrogen-bond donors (Lipinski definition) is 3. The molecule has 0 spiro atoms. The van der Waals surface area contributed by atoms with Gasteiger partial charge in [-0.05, 0) is 133 Å². The molecule has 4 aromatic carbocycles. The molecule has 25 nitrogen and oxygen atoms in total.